The Morgan fingerprint density at radius 2 is 2.00 bits per heavy atom. The van der Waals surface area contributed by atoms with Gasteiger partial charge in [0.25, 0.3) is 0 Å². The van der Waals surface area contributed by atoms with Crippen molar-refractivity contribution in [2.24, 2.45) is 0 Å². The predicted octanol–water partition coefficient (Wildman–Crippen LogP) is 1.97. The fourth-order valence-corrected chi connectivity index (χ4v) is 1.21. The molecule has 0 saturated heterocycles. The molecule has 0 amide bonds. The van der Waals surface area contributed by atoms with E-state index in [1.54, 1.807) is 0 Å². The molecular formula is C9H9ClCrO. The monoisotopic (exact) mass is 220 g/mol. The van der Waals surface area contributed by atoms with E-state index in [4.69, 9.17) is 16.3 Å². The first-order valence-electron chi connectivity index (χ1n) is 3.62. The van der Waals surface area contributed by atoms with Gasteiger partial charge < -0.3 is 0 Å². The Hall–Kier alpha value is -0.128. The molecule has 0 fully saturated rings. The van der Waals surface area contributed by atoms with E-state index in [2.05, 4.69) is 15.9 Å². The molecule has 0 N–H and O–H groups in total. The van der Waals surface area contributed by atoms with Crippen LogP contribution >= 0.6 is 11.6 Å². The van der Waals surface area contributed by atoms with Gasteiger partial charge in [0.1, 0.15) is 0 Å². The summed E-state index contributed by atoms with van der Waals surface area (Å²) < 4.78 is 6.11. The fraction of sp³-hybridized carbons (Fsp3) is 0.222. The molecule has 0 spiro atoms. The molecule has 0 radical (unpaired) electrons. The van der Waals surface area contributed by atoms with Gasteiger partial charge in [-0.3, -0.25) is 0 Å². The van der Waals surface area contributed by atoms with Crippen molar-refractivity contribution < 1.29 is 20.6 Å². The number of rotatable bonds is 4. The van der Waals surface area contributed by atoms with Crippen LogP contribution in [-0.2, 0) is 20.6 Å². The SMILES string of the molecule is ClCCO[C](=[Cr])c1ccccc1. The van der Waals surface area contributed by atoms with E-state index in [1.807, 2.05) is 30.3 Å². The zero-order valence-corrected chi connectivity index (χ0v) is 8.53. The maximum atomic E-state index is 5.48. The molecule has 1 rings (SSSR count). The Morgan fingerprint density at radius 3 is 2.58 bits per heavy atom. The Balaban J connectivity index is 2.54. The van der Waals surface area contributed by atoms with Gasteiger partial charge in [0, 0.05) is 0 Å². The maximum absolute atomic E-state index is 5.48. The van der Waals surface area contributed by atoms with E-state index in [9.17, 15) is 0 Å². The van der Waals surface area contributed by atoms with Gasteiger partial charge in [-0.25, -0.2) is 0 Å². The van der Waals surface area contributed by atoms with Crippen LogP contribution in [-0.4, -0.2) is 17.1 Å². The van der Waals surface area contributed by atoms with Crippen LogP contribution in [0.5, 0.6) is 0 Å². The average Bonchev–Trinajstić information content (AvgIpc) is 2.15. The predicted molar refractivity (Wildman–Crippen MR) is 47.2 cm³/mol. The summed E-state index contributed by atoms with van der Waals surface area (Å²) in [6, 6.07) is 9.88. The Bertz CT molecular complexity index is 248. The van der Waals surface area contributed by atoms with Gasteiger partial charge in [0.05, 0.1) is 0 Å². The summed E-state index contributed by atoms with van der Waals surface area (Å²) in [5.74, 6) is 0.512. The van der Waals surface area contributed by atoms with Crippen molar-refractivity contribution in [3.05, 3.63) is 35.9 Å². The quantitative estimate of drug-likeness (QED) is 0.705. The van der Waals surface area contributed by atoms with Gasteiger partial charge in [-0.05, 0) is 0 Å². The molecule has 0 aliphatic rings. The first kappa shape index (κ1) is 9.96. The van der Waals surface area contributed by atoms with Crippen molar-refractivity contribution >= 4 is 16.2 Å². The zero-order valence-electron chi connectivity index (χ0n) is 6.50. The molecule has 0 aliphatic carbocycles. The molecule has 0 aromatic heterocycles. The van der Waals surface area contributed by atoms with Gasteiger partial charge in [-0.2, -0.15) is 0 Å². The Labute approximate surface area is 85.3 Å². The van der Waals surface area contributed by atoms with E-state index in [-0.39, 0.29) is 0 Å². The molecule has 0 heterocycles. The van der Waals surface area contributed by atoms with Crippen LogP contribution in [0.25, 0.3) is 0 Å². The van der Waals surface area contributed by atoms with Crippen LogP contribution in [0.2, 0.25) is 0 Å². The molecule has 0 atom stereocenters. The first-order chi connectivity index (χ1) is 5.84. The van der Waals surface area contributed by atoms with Crippen molar-refractivity contribution in [3.8, 4) is 0 Å². The third-order valence-electron chi connectivity index (χ3n) is 1.32. The second-order valence-corrected chi connectivity index (χ2v) is 3.15. The van der Waals surface area contributed by atoms with E-state index in [0.29, 0.717) is 12.5 Å². The minimum atomic E-state index is 0.512. The minimum absolute atomic E-state index is 0.512. The number of hydrogen-bond acceptors (Lipinski definition) is 1. The van der Waals surface area contributed by atoms with Gasteiger partial charge in [-0.15, -0.1) is 0 Å². The average molecular weight is 221 g/mol. The Kier molecular flexibility index (Phi) is 4.57. The van der Waals surface area contributed by atoms with Crippen LogP contribution in [0, 0.1) is 0 Å². The summed E-state index contributed by atoms with van der Waals surface area (Å²) in [6.45, 7) is 0.540. The Morgan fingerprint density at radius 1 is 1.33 bits per heavy atom. The standard InChI is InChI=1S/C9H9ClO.Cr/c10-6-7-11-8-9-4-2-1-3-5-9;/h1-5H,6-7H2;. The molecule has 0 bridgehead atoms. The second-order valence-electron chi connectivity index (χ2n) is 2.19. The molecular weight excluding hydrogens is 212 g/mol. The van der Waals surface area contributed by atoms with E-state index in [0.717, 1.165) is 10.1 Å². The third kappa shape index (κ3) is 3.08. The first-order valence-corrected chi connectivity index (χ1v) is 4.80. The van der Waals surface area contributed by atoms with Crippen molar-refractivity contribution in [2.75, 3.05) is 12.5 Å². The van der Waals surface area contributed by atoms with E-state index >= 15 is 0 Å². The normalized spacial score (nSPS) is 9.75. The van der Waals surface area contributed by atoms with E-state index < -0.39 is 0 Å². The molecule has 0 aliphatic heterocycles. The fourth-order valence-electron chi connectivity index (χ4n) is 0.789. The third-order valence-corrected chi connectivity index (χ3v) is 2.03. The van der Waals surface area contributed by atoms with Gasteiger partial charge in [-0.1, -0.05) is 0 Å². The molecule has 12 heavy (non-hydrogen) atoms. The van der Waals surface area contributed by atoms with Crippen molar-refractivity contribution in [2.45, 2.75) is 0 Å². The van der Waals surface area contributed by atoms with Gasteiger partial charge in [0.15, 0.2) is 0 Å². The summed E-state index contributed by atoms with van der Waals surface area (Å²) in [5, 5.41) is 0. The van der Waals surface area contributed by atoms with Gasteiger partial charge >= 0.3 is 85.1 Å². The topological polar surface area (TPSA) is 9.23 Å². The number of alkyl halides is 1. The van der Waals surface area contributed by atoms with Gasteiger partial charge in [0.2, 0.25) is 0 Å². The molecule has 0 unspecified atom stereocenters. The number of halogens is 1. The van der Waals surface area contributed by atoms with E-state index in [1.165, 1.54) is 0 Å². The van der Waals surface area contributed by atoms with Crippen LogP contribution in [0.4, 0.5) is 0 Å². The number of benzene rings is 1. The molecule has 0 saturated carbocycles. The van der Waals surface area contributed by atoms with Crippen LogP contribution in [0.15, 0.2) is 30.3 Å². The number of ether oxygens (including phenoxy) is 1. The van der Waals surface area contributed by atoms with Crippen molar-refractivity contribution in [1.82, 2.24) is 0 Å². The molecule has 1 aromatic carbocycles. The second kappa shape index (κ2) is 5.51. The molecule has 1 nitrogen and oxygen atoms in total. The van der Waals surface area contributed by atoms with Crippen molar-refractivity contribution in [3.63, 3.8) is 0 Å². The molecule has 1 aromatic rings. The van der Waals surface area contributed by atoms with Crippen LogP contribution in [0.3, 0.4) is 0 Å². The molecule has 64 valence electrons. The van der Waals surface area contributed by atoms with Crippen LogP contribution < -0.4 is 0 Å². The summed E-state index contributed by atoms with van der Waals surface area (Å²) in [5.41, 5.74) is 1.06. The summed E-state index contributed by atoms with van der Waals surface area (Å²) in [7, 11) is 0. The molecule has 3 heteroatoms. The summed E-state index contributed by atoms with van der Waals surface area (Å²) in [6.07, 6.45) is 0. The zero-order chi connectivity index (χ0) is 8.81. The number of hydrogen-bond donors (Lipinski definition) is 0. The van der Waals surface area contributed by atoms with Crippen molar-refractivity contribution in [1.29, 1.82) is 0 Å². The summed E-state index contributed by atoms with van der Waals surface area (Å²) in [4.78, 5) is 0. The summed E-state index contributed by atoms with van der Waals surface area (Å²) >= 11 is 8.34. The van der Waals surface area contributed by atoms with Crippen LogP contribution in [0.1, 0.15) is 5.56 Å².